The largest absolute Gasteiger partial charge is 0.279 e. The summed E-state index contributed by atoms with van der Waals surface area (Å²) in [6.07, 6.45) is 0. The van der Waals surface area contributed by atoms with Crippen molar-refractivity contribution in [2.45, 2.75) is 24.1 Å². The molecule has 1 aromatic rings. The third kappa shape index (κ3) is 3.28. The zero-order valence-corrected chi connectivity index (χ0v) is 11.2. The van der Waals surface area contributed by atoms with Crippen LogP contribution in [0, 0.1) is 5.92 Å². The predicted molar refractivity (Wildman–Crippen MR) is 64.1 cm³/mol. The summed E-state index contributed by atoms with van der Waals surface area (Å²) >= 11 is 6.43. The van der Waals surface area contributed by atoms with Gasteiger partial charge in [-0.1, -0.05) is 19.9 Å². The maximum absolute atomic E-state index is 11.8. The molecule has 7 heteroatoms. The van der Waals surface area contributed by atoms with Crippen molar-refractivity contribution in [1.82, 2.24) is 4.72 Å². The molecular weight excluding hydrogens is 270 g/mol. The van der Waals surface area contributed by atoms with Crippen molar-refractivity contribution in [1.29, 1.82) is 0 Å². The first kappa shape index (κ1) is 13.6. The van der Waals surface area contributed by atoms with Gasteiger partial charge in [-0.3, -0.25) is 4.79 Å². The van der Waals surface area contributed by atoms with Gasteiger partial charge in [0.05, 0.1) is 6.04 Å². The molecule has 0 bridgehead atoms. The Bertz CT molecular complexity index is 453. The van der Waals surface area contributed by atoms with Crippen LogP contribution in [0.4, 0.5) is 0 Å². The monoisotopic (exact) mass is 281 g/mol. The highest BCUT2D eigenvalue weighted by Gasteiger charge is 2.27. The molecule has 1 heterocycles. The third-order valence-electron chi connectivity index (χ3n) is 1.95. The Hall–Kier alpha value is -0.430. The minimum atomic E-state index is -3.64. The molecule has 0 radical (unpaired) electrons. The second-order valence-electron chi connectivity index (χ2n) is 3.58. The average Bonchev–Trinajstić information content (AvgIpc) is 2.66. The lowest BCUT2D eigenvalue weighted by molar-refractivity contribution is -0.113. The van der Waals surface area contributed by atoms with Crippen molar-refractivity contribution in [3.63, 3.8) is 0 Å². The van der Waals surface area contributed by atoms with E-state index in [-0.39, 0.29) is 10.1 Å². The van der Waals surface area contributed by atoms with Gasteiger partial charge in [0.2, 0.25) is 5.24 Å². The Labute approximate surface area is 104 Å². The number of rotatable bonds is 5. The van der Waals surface area contributed by atoms with Crippen LogP contribution in [0.2, 0.25) is 0 Å². The number of carbonyl (C=O) groups is 1. The van der Waals surface area contributed by atoms with E-state index in [1.807, 2.05) is 0 Å². The predicted octanol–water partition coefficient (Wildman–Crippen LogP) is 1.82. The summed E-state index contributed by atoms with van der Waals surface area (Å²) in [6.45, 7) is 3.45. The van der Waals surface area contributed by atoms with Crippen LogP contribution in [0.5, 0.6) is 0 Å². The lowest BCUT2D eigenvalue weighted by Gasteiger charge is -2.17. The standard InChI is InChI=1S/C9H12ClNO3S2/c1-6(2)8(9(10)12)11-16(13,14)7-4-3-5-15-7/h3-6,8,11H,1-2H3. The molecule has 1 atom stereocenters. The van der Waals surface area contributed by atoms with E-state index in [0.717, 1.165) is 11.3 Å². The van der Waals surface area contributed by atoms with E-state index in [1.165, 1.54) is 6.07 Å². The van der Waals surface area contributed by atoms with Crippen LogP contribution in [0.1, 0.15) is 13.8 Å². The minimum Gasteiger partial charge on any atom is -0.279 e. The first-order valence-electron chi connectivity index (χ1n) is 4.60. The number of sulfonamides is 1. The first-order chi connectivity index (χ1) is 7.34. The molecule has 90 valence electrons. The fourth-order valence-electron chi connectivity index (χ4n) is 1.09. The number of thiophene rings is 1. The normalized spacial score (nSPS) is 14.0. The summed E-state index contributed by atoms with van der Waals surface area (Å²) in [6, 6.07) is 2.21. The molecular formula is C9H12ClNO3S2. The third-order valence-corrected chi connectivity index (χ3v) is 5.03. The van der Waals surface area contributed by atoms with E-state index in [1.54, 1.807) is 25.3 Å². The number of halogens is 1. The summed E-state index contributed by atoms with van der Waals surface area (Å²) in [4.78, 5) is 11.1. The lowest BCUT2D eigenvalue weighted by Crippen LogP contribution is -2.42. The van der Waals surface area contributed by atoms with Gasteiger partial charge >= 0.3 is 0 Å². The molecule has 4 nitrogen and oxygen atoms in total. The smallest absolute Gasteiger partial charge is 0.250 e. The molecule has 1 unspecified atom stereocenters. The molecule has 0 fully saturated rings. The average molecular weight is 282 g/mol. The molecule has 1 aromatic heterocycles. The fraction of sp³-hybridized carbons (Fsp3) is 0.444. The highest BCUT2D eigenvalue weighted by Crippen LogP contribution is 2.17. The highest BCUT2D eigenvalue weighted by molar-refractivity contribution is 7.91. The van der Waals surface area contributed by atoms with E-state index in [0.29, 0.717) is 0 Å². The summed E-state index contributed by atoms with van der Waals surface area (Å²) in [7, 11) is -3.64. The summed E-state index contributed by atoms with van der Waals surface area (Å²) < 4.78 is 26.1. The van der Waals surface area contributed by atoms with Crippen molar-refractivity contribution >= 4 is 38.2 Å². The van der Waals surface area contributed by atoms with Gasteiger partial charge in [-0.2, -0.15) is 4.72 Å². The molecule has 0 spiro atoms. The quantitative estimate of drug-likeness (QED) is 0.838. The van der Waals surface area contributed by atoms with E-state index < -0.39 is 21.3 Å². The van der Waals surface area contributed by atoms with Crippen LogP contribution in [-0.4, -0.2) is 19.7 Å². The van der Waals surface area contributed by atoms with Crippen LogP contribution >= 0.6 is 22.9 Å². The maximum atomic E-state index is 11.8. The van der Waals surface area contributed by atoms with E-state index >= 15 is 0 Å². The van der Waals surface area contributed by atoms with Crippen molar-refractivity contribution in [3.8, 4) is 0 Å². The Balaban J connectivity index is 2.92. The van der Waals surface area contributed by atoms with E-state index in [2.05, 4.69) is 4.72 Å². The van der Waals surface area contributed by atoms with Gasteiger partial charge in [0.15, 0.2) is 0 Å². The van der Waals surface area contributed by atoms with Gasteiger partial charge in [0, 0.05) is 0 Å². The van der Waals surface area contributed by atoms with Crippen LogP contribution in [0.25, 0.3) is 0 Å². The van der Waals surface area contributed by atoms with Crippen molar-refractivity contribution < 1.29 is 13.2 Å². The van der Waals surface area contributed by atoms with Crippen molar-refractivity contribution in [3.05, 3.63) is 17.5 Å². The molecule has 0 saturated carbocycles. The highest BCUT2D eigenvalue weighted by atomic mass is 35.5. The topological polar surface area (TPSA) is 63.2 Å². The SMILES string of the molecule is CC(C)C(NS(=O)(=O)c1cccs1)C(=O)Cl. The number of nitrogens with one attached hydrogen (secondary N) is 1. The van der Waals surface area contributed by atoms with Gasteiger partial charge in [0.1, 0.15) is 4.21 Å². The van der Waals surface area contributed by atoms with Crippen LogP contribution in [0.3, 0.4) is 0 Å². The lowest BCUT2D eigenvalue weighted by atomic mass is 10.1. The summed E-state index contributed by atoms with van der Waals surface area (Å²) in [5.74, 6) is -0.195. The second kappa shape index (κ2) is 5.27. The van der Waals surface area contributed by atoms with Crippen molar-refractivity contribution in [2.75, 3.05) is 0 Å². The van der Waals surface area contributed by atoms with Gasteiger partial charge in [-0.05, 0) is 29.0 Å². The van der Waals surface area contributed by atoms with Gasteiger partial charge in [0.25, 0.3) is 10.0 Å². The molecule has 0 aromatic carbocycles. The van der Waals surface area contributed by atoms with E-state index in [9.17, 15) is 13.2 Å². The van der Waals surface area contributed by atoms with E-state index in [4.69, 9.17) is 11.6 Å². The molecule has 0 amide bonds. The zero-order chi connectivity index (χ0) is 12.3. The zero-order valence-electron chi connectivity index (χ0n) is 8.81. The van der Waals surface area contributed by atoms with Crippen LogP contribution < -0.4 is 4.72 Å². The van der Waals surface area contributed by atoms with Crippen LogP contribution in [-0.2, 0) is 14.8 Å². The van der Waals surface area contributed by atoms with Crippen molar-refractivity contribution in [2.24, 2.45) is 5.92 Å². The molecule has 0 aliphatic rings. The number of carbonyl (C=O) groups excluding carboxylic acids is 1. The minimum absolute atomic E-state index is 0.177. The number of hydrogen-bond donors (Lipinski definition) is 1. The Morgan fingerprint density at radius 1 is 1.50 bits per heavy atom. The second-order valence-corrected chi connectivity index (χ2v) is 6.84. The first-order valence-corrected chi connectivity index (χ1v) is 7.34. The Morgan fingerprint density at radius 2 is 2.12 bits per heavy atom. The Kier molecular flexibility index (Phi) is 4.49. The Morgan fingerprint density at radius 3 is 2.50 bits per heavy atom. The molecule has 0 aliphatic carbocycles. The van der Waals surface area contributed by atoms with Gasteiger partial charge < -0.3 is 0 Å². The number of hydrogen-bond acceptors (Lipinski definition) is 4. The molecule has 1 N–H and O–H groups in total. The van der Waals surface area contributed by atoms with Gasteiger partial charge in [-0.15, -0.1) is 11.3 Å². The fourth-order valence-corrected chi connectivity index (χ4v) is 3.81. The summed E-state index contributed by atoms with van der Waals surface area (Å²) in [5.41, 5.74) is 0. The maximum Gasteiger partial charge on any atom is 0.250 e. The van der Waals surface area contributed by atoms with Crippen LogP contribution in [0.15, 0.2) is 21.7 Å². The molecule has 16 heavy (non-hydrogen) atoms. The van der Waals surface area contributed by atoms with Gasteiger partial charge in [-0.25, -0.2) is 8.42 Å². The molecule has 0 aliphatic heterocycles. The molecule has 0 saturated heterocycles. The summed E-state index contributed by atoms with van der Waals surface area (Å²) in [5, 5.41) is 0.955. The molecule has 1 rings (SSSR count).